The van der Waals surface area contributed by atoms with Gasteiger partial charge in [0.1, 0.15) is 0 Å². The number of hydrogen-bond acceptors (Lipinski definition) is 0. The van der Waals surface area contributed by atoms with Crippen molar-refractivity contribution in [2.75, 3.05) is 79.5 Å². The number of hydrogen-bond donors (Lipinski definition) is 0. The molecule has 3 nitrogen and oxygen atoms in total. The van der Waals surface area contributed by atoms with Gasteiger partial charge in [-0.15, -0.1) is 0 Å². The topological polar surface area (TPSA) is 0 Å². The lowest BCUT2D eigenvalue weighted by Crippen LogP contribution is -2.47. The van der Waals surface area contributed by atoms with Gasteiger partial charge in [0.2, 0.25) is 0 Å². The zero-order valence-electron chi connectivity index (χ0n) is 19.4. The Morgan fingerprint density at radius 1 is 0.538 bits per heavy atom. The summed E-state index contributed by atoms with van der Waals surface area (Å²) in [5.41, 5.74) is 0. The molecule has 0 aromatic heterocycles. The summed E-state index contributed by atoms with van der Waals surface area (Å²) in [5.74, 6) is 0. The van der Waals surface area contributed by atoms with Crippen molar-refractivity contribution < 1.29 is 13.4 Å². The van der Waals surface area contributed by atoms with Gasteiger partial charge in [-0.3, -0.25) is 0 Å². The van der Waals surface area contributed by atoms with Crippen molar-refractivity contribution >= 4 is 0 Å². The Morgan fingerprint density at radius 3 is 1.08 bits per heavy atom. The Hall–Kier alpha value is -0.120. The standard InChI is InChI=1S/C15H32N2.C8H20N/c1-16(12-6-7-13-16)10-4-3-5-11-17(2)14-8-9-15-17;1-5-9(6-2,7-3)8-4/h3-15H2,1-2H3;5-8H2,1-4H3/q+2;+1. The third-order valence-corrected chi connectivity index (χ3v) is 7.87. The highest BCUT2D eigenvalue weighted by atomic mass is 15.3. The average Bonchev–Trinajstić information content (AvgIpc) is 3.27. The van der Waals surface area contributed by atoms with Crippen LogP contribution in [0.3, 0.4) is 0 Å². The van der Waals surface area contributed by atoms with E-state index >= 15 is 0 Å². The molecule has 0 atom stereocenters. The zero-order valence-corrected chi connectivity index (χ0v) is 19.4. The normalized spacial score (nSPS) is 21.5. The van der Waals surface area contributed by atoms with Crippen molar-refractivity contribution in [1.82, 2.24) is 0 Å². The maximum Gasteiger partial charge on any atom is 0.0786 e. The van der Waals surface area contributed by atoms with Crippen LogP contribution in [0.2, 0.25) is 0 Å². The molecule has 2 heterocycles. The lowest BCUT2D eigenvalue weighted by atomic mass is 10.2. The van der Waals surface area contributed by atoms with Gasteiger partial charge in [0, 0.05) is 25.7 Å². The largest absolute Gasteiger partial charge is 0.326 e. The van der Waals surface area contributed by atoms with Crippen LogP contribution in [0, 0.1) is 0 Å². The minimum atomic E-state index is 1.28. The lowest BCUT2D eigenvalue weighted by Gasteiger charge is -2.34. The van der Waals surface area contributed by atoms with E-state index in [0.29, 0.717) is 0 Å². The fraction of sp³-hybridized carbons (Fsp3) is 1.00. The van der Waals surface area contributed by atoms with Crippen molar-refractivity contribution in [2.24, 2.45) is 0 Å². The SMILES string of the molecule is CC[N+](CC)(CC)CC.C[N+]1(CCCCC[N+]2(C)CCCC2)CCCC1. The molecule has 2 aliphatic heterocycles. The van der Waals surface area contributed by atoms with Crippen molar-refractivity contribution in [3.8, 4) is 0 Å². The minimum Gasteiger partial charge on any atom is -0.326 e. The lowest BCUT2D eigenvalue weighted by molar-refractivity contribution is -0.921. The summed E-state index contributed by atoms with van der Waals surface area (Å²) in [5, 5.41) is 0. The maximum absolute atomic E-state index is 2.46. The predicted molar refractivity (Wildman–Crippen MR) is 116 cm³/mol. The molecule has 26 heavy (non-hydrogen) atoms. The summed E-state index contributed by atoms with van der Waals surface area (Å²) >= 11 is 0. The van der Waals surface area contributed by atoms with E-state index in [9.17, 15) is 0 Å². The molecule has 0 N–H and O–H groups in total. The number of nitrogens with zero attached hydrogens (tertiary/aromatic N) is 3. The van der Waals surface area contributed by atoms with Crippen molar-refractivity contribution in [1.29, 1.82) is 0 Å². The van der Waals surface area contributed by atoms with Crippen LogP contribution >= 0.6 is 0 Å². The molecule has 0 bridgehead atoms. The smallest absolute Gasteiger partial charge is 0.0786 e. The number of quaternary nitrogens is 3. The Morgan fingerprint density at radius 2 is 0.846 bits per heavy atom. The second-order valence-corrected chi connectivity index (χ2v) is 9.66. The summed E-state index contributed by atoms with van der Waals surface area (Å²) in [7, 11) is 4.92. The zero-order chi connectivity index (χ0) is 19.5. The molecule has 0 aromatic carbocycles. The first kappa shape index (κ1) is 23.9. The third-order valence-electron chi connectivity index (χ3n) is 7.87. The van der Waals surface area contributed by atoms with Gasteiger partial charge in [-0.2, -0.15) is 0 Å². The molecule has 0 amide bonds. The summed E-state index contributed by atoms with van der Waals surface area (Å²) in [6, 6.07) is 0. The van der Waals surface area contributed by atoms with Crippen molar-refractivity contribution in [3.63, 3.8) is 0 Å². The van der Waals surface area contributed by atoms with Crippen LogP contribution in [0.4, 0.5) is 0 Å². The molecule has 0 aromatic rings. The second kappa shape index (κ2) is 11.7. The number of unbranched alkanes of at least 4 members (excludes halogenated alkanes) is 2. The molecule has 2 fully saturated rings. The highest BCUT2D eigenvalue weighted by Crippen LogP contribution is 2.20. The molecule has 0 radical (unpaired) electrons. The van der Waals surface area contributed by atoms with E-state index in [1.54, 1.807) is 0 Å². The number of likely N-dealkylation sites (tertiary alicyclic amines) is 2. The molecule has 0 unspecified atom stereocenters. The first-order valence-electron chi connectivity index (χ1n) is 11.9. The summed E-state index contributed by atoms with van der Waals surface area (Å²) in [6.07, 6.45) is 10.2. The average molecular weight is 371 g/mol. The van der Waals surface area contributed by atoms with E-state index in [-0.39, 0.29) is 0 Å². The van der Waals surface area contributed by atoms with Crippen LogP contribution in [0.1, 0.15) is 72.6 Å². The molecular formula is C23H52N3+3. The van der Waals surface area contributed by atoms with E-state index in [4.69, 9.17) is 0 Å². The minimum absolute atomic E-state index is 1.28. The molecule has 0 saturated carbocycles. The van der Waals surface area contributed by atoms with E-state index in [0.717, 1.165) is 0 Å². The van der Waals surface area contributed by atoms with E-state index in [2.05, 4.69) is 41.8 Å². The van der Waals surface area contributed by atoms with E-state index in [1.165, 1.54) is 124 Å². The fourth-order valence-electron chi connectivity index (χ4n) is 5.15. The Balaban J connectivity index is 0.000000321. The van der Waals surface area contributed by atoms with Gasteiger partial charge in [0.05, 0.1) is 79.5 Å². The Bertz CT molecular complexity index is 309. The molecule has 2 rings (SSSR count). The second-order valence-electron chi connectivity index (χ2n) is 9.66. The molecule has 0 spiro atoms. The molecule has 2 aliphatic rings. The van der Waals surface area contributed by atoms with Crippen LogP contribution in [0.15, 0.2) is 0 Å². The first-order valence-corrected chi connectivity index (χ1v) is 11.9. The quantitative estimate of drug-likeness (QED) is 0.392. The molecule has 3 heteroatoms. The highest BCUT2D eigenvalue weighted by molar-refractivity contribution is 4.54. The van der Waals surface area contributed by atoms with Gasteiger partial charge in [0.15, 0.2) is 0 Å². The summed E-state index contributed by atoms with van der Waals surface area (Å²) in [6.45, 7) is 22.8. The van der Waals surface area contributed by atoms with Gasteiger partial charge in [-0.05, 0) is 47.0 Å². The van der Waals surface area contributed by atoms with Gasteiger partial charge in [-0.1, -0.05) is 0 Å². The van der Waals surface area contributed by atoms with Crippen molar-refractivity contribution in [3.05, 3.63) is 0 Å². The van der Waals surface area contributed by atoms with Crippen LogP contribution in [0.5, 0.6) is 0 Å². The van der Waals surface area contributed by atoms with Crippen LogP contribution in [-0.4, -0.2) is 93.0 Å². The van der Waals surface area contributed by atoms with Gasteiger partial charge < -0.3 is 13.4 Å². The molecular weight excluding hydrogens is 318 g/mol. The highest BCUT2D eigenvalue weighted by Gasteiger charge is 2.27. The van der Waals surface area contributed by atoms with Crippen LogP contribution in [0.25, 0.3) is 0 Å². The summed E-state index contributed by atoms with van der Waals surface area (Å²) in [4.78, 5) is 0. The maximum atomic E-state index is 2.46. The van der Waals surface area contributed by atoms with E-state index < -0.39 is 0 Å². The number of rotatable bonds is 10. The molecule has 2 saturated heterocycles. The van der Waals surface area contributed by atoms with Crippen molar-refractivity contribution in [2.45, 2.75) is 72.6 Å². The van der Waals surface area contributed by atoms with Gasteiger partial charge in [-0.25, -0.2) is 0 Å². The van der Waals surface area contributed by atoms with Crippen LogP contribution in [-0.2, 0) is 0 Å². The van der Waals surface area contributed by atoms with Gasteiger partial charge in [0.25, 0.3) is 0 Å². The monoisotopic (exact) mass is 370 g/mol. The van der Waals surface area contributed by atoms with Crippen LogP contribution < -0.4 is 0 Å². The predicted octanol–water partition coefficient (Wildman–Crippen LogP) is 4.52. The fourth-order valence-corrected chi connectivity index (χ4v) is 5.15. The Kier molecular flexibility index (Phi) is 10.7. The van der Waals surface area contributed by atoms with E-state index in [1.807, 2.05) is 0 Å². The van der Waals surface area contributed by atoms with Gasteiger partial charge >= 0.3 is 0 Å². The third kappa shape index (κ3) is 7.86. The Labute approximate surface area is 166 Å². The first-order chi connectivity index (χ1) is 12.4. The molecule has 0 aliphatic carbocycles. The molecule has 156 valence electrons. The summed E-state index contributed by atoms with van der Waals surface area (Å²) < 4.78 is 4.01.